The summed E-state index contributed by atoms with van der Waals surface area (Å²) in [5, 5.41) is 3.42. The number of hydrogen-bond acceptors (Lipinski definition) is 7. The average Bonchev–Trinajstić information content (AvgIpc) is 3.25. The summed E-state index contributed by atoms with van der Waals surface area (Å²) in [5.74, 6) is 0.579. The zero-order valence-electron chi connectivity index (χ0n) is 18.1. The van der Waals surface area contributed by atoms with Crippen molar-refractivity contribution >= 4 is 28.5 Å². The van der Waals surface area contributed by atoms with Crippen LogP contribution in [0.1, 0.15) is 16.1 Å². The van der Waals surface area contributed by atoms with Crippen LogP contribution in [0, 0.1) is 0 Å². The lowest BCUT2D eigenvalue weighted by atomic mass is 10.1. The summed E-state index contributed by atoms with van der Waals surface area (Å²) in [5.41, 5.74) is 1.59. The van der Waals surface area contributed by atoms with Gasteiger partial charge in [0.2, 0.25) is 5.76 Å². The van der Waals surface area contributed by atoms with E-state index < -0.39 is 18.5 Å². The van der Waals surface area contributed by atoms with Crippen molar-refractivity contribution in [3.8, 4) is 17.2 Å². The van der Waals surface area contributed by atoms with Crippen LogP contribution in [0.15, 0.2) is 77.2 Å². The quantitative estimate of drug-likeness (QED) is 0.404. The van der Waals surface area contributed by atoms with Gasteiger partial charge in [0.25, 0.3) is 5.91 Å². The monoisotopic (exact) mass is 459 g/mol. The van der Waals surface area contributed by atoms with Gasteiger partial charge in [0.05, 0.1) is 5.56 Å². The average molecular weight is 459 g/mol. The van der Waals surface area contributed by atoms with Gasteiger partial charge >= 0.3 is 5.97 Å². The first kappa shape index (κ1) is 21.4. The molecule has 5 rings (SSSR count). The van der Waals surface area contributed by atoms with Crippen LogP contribution in [-0.4, -0.2) is 31.7 Å². The molecule has 0 spiro atoms. The number of nitrogens with one attached hydrogen (secondary N) is 1. The van der Waals surface area contributed by atoms with Crippen LogP contribution < -0.4 is 19.5 Å². The Labute approximate surface area is 195 Å². The van der Waals surface area contributed by atoms with E-state index in [1.807, 2.05) is 48.5 Å². The molecule has 1 N–H and O–H groups in total. The van der Waals surface area contributed by atoms with Crippen molar-refractivity contribution in [2.45, 2.75) is 6.61 Å². The predicted molar refractivity (Wildman–Crippen MR) is 123 cm³/mol. The van der Waals surface area contributed by atoms with E-state index >= 15 is 0 Å². The van der Waals surface area contributed by atoms with Gasteiger partial charge in [-0.05, 0) is 30.3 Å². The number of esters is 1. The highest BCUT2D eigenvalue weighted by molar-refractivity contribution is 5.98. The number of anilines is 1. The zero-order valence-corrected chi connectivity index (χ0v) is 18.1. The molecule has 34 heavy (non-hydrogen) atoms. The number of benzene rings is 3. The number of rotatable bonds is 7. The molecule has 1 aromatic heterocycles. The molecule has 0 saturated carbocycles. The summed E-state index contributed by atoms with van der Waals surface area (Å²) in [4.78, 5) is 25.2. The minimum atomic E-state index is -0.750. The van der Waals surface area contributed by atoms with Crippen LogP contribution in [0.2, 0.25) is 0 Å². The second-order valence-electron chi connectivity index (χ2n) is 7.49. The molecule has 0 bridgehead atoms. The third kappa shape index (κ3) is 4.66. The van der Waals surface area contributed by atoms with Crippen LogP contribution >= 0.6 is 0 Å². The molecule has 2 heterocycles. The van der Waals surface area contributed by atoms with Gasteiger partial charge in [0, 0.05) is 17.1 Å². The molecule has 8 nitrogen and oxygen atoms in total. The summed E-state index contributed by atoms with van der Waals surface area (Å²) < 4.78 is 27.8. The first-order valence-corrected chi connectivity index (χ1v) is 10.7. The maximum atomic E-state index is 12.8. The molecule has 0 fully saturated rings. The number of ether oxygens (including phenoxy) is 4. The van der Waals surface area contributed by atoms with E-state index in [0.717, 1.165) is 5.39 Å². The lowest BCUT2D eigenvalue weighted by molar-refractivity contribution is -0.119. The Hall–Kier alpha value is -4.46. The van der Waals surface area contributed by atoms with Crippen LogP contribution in [0.5, 0.6) is 17.2 Å². The maximum absolute atomic E-state index is 12.8. The van der Waals surface area contributed by atoms with Gasteiger partial charge in [-0.3, -0.25) is 4.79 Å². The fourth-order valence-corrected chi connectivity index (χ4v) is 3.59. The standard InChI is InChI=1S/C26H21NO7/c28-24(27-17-10-11-22-23(14-17)31-13-12-30-22)16-33-26(29)25-20(15-32-18-6-2-1-3-7-18)19-8-4-5-9-21(19)34-25/h1-11,14H,12-13,15-16H2,(H,27,28). The fourth-order valence-electron chi connectivity index (χ4n) is 3.59. The highest BCUT2D eigenvalue weighted by Gasteiger charge is 2.23. The van der Waals surface area contributed by atoms with E-state index in [-0.39, 0.29) is 12.4 Å². The molecule has 1 aliphatic heterocycles. The van der Waals surface area contributed by atoms with Gasteiger partial charge in [-0.2, -0.15) is 0 Å². The van der Waals surface area contributed by atoms with Gasteiger partial charge in [-0.1, -0.05) is 36.4 Å². The summed E-state index contributed by atoms with van der Waals surface area (Å²) in [6, 6.07) is 21.6. The number of furan rings is 1. The van der Waals surface area contributed by atoms with Crippen molar-refractivity contribution < 1.29 is 33.0 Å². The Morgan fingerprint density at radius 2 is 1.65 bits per heavy atom. The second kappa shape index (κ2) is 9.58. The lowest BCUT2D eigenvalue weighted by Crippen LogP contribution is -2.21. The summed E-state index contributed by atoms with van der Waals surface area (Å²) in [6.07, 6.45) is 0. The molecule has 1 aliphatic rings. The number of carbonyl (C=O) groups excluding carboxylic acids is 2. The van der Waals surface area contributed by atoms with Crippen molar-refractivity contribution in [3.05, 3.63) is 84.1 Å². The fraction of sp³-hybridized carbons (Fsp3) is 0.154. The number of hydrogen-bond donors (Lipinski definition) is 1. The van der Waals surface area contributed by atoms with E-state index in [2.05, 4.69) is 5.32 Å². The molecule has 8 heteroatoms. The Balaban J connectivity index is 1.26. The highest BCUT2D eigenvalue weighted by atomic mass is 16.6. The summed E-state index contributed by atoms with van der Waals surface area (Å²) in [7, 11) is 0. The normalized spacial score (nSPS) is 12.2. The van der Waals surface area contributed by atoms with Crippen molar-refractivity contribution in [1.29, 1.82) is 0 Å². The third-order valence-corrected chi connectivity index (χ3v) is 5.17. The van der Waals surface area contributed by atoms with Crippen LogP contribution in [-0.2, 0) is 16.1 Å². The Morgan fingerprint density at radius 1 is 0.882 bits per heavy atom. The maximum Gasteiger partial charge on any atom is 0.375 e. The first-order chi connectivity index (χ1) is 16.7. The predicted octanol–water partition coefficient (Wildman–Crippen LogP) is 4.58. The summed E-state index contributed by atoms with van der Waals surface area (Å²) >= 11 is 0. The van der Waals surface area contributed by atoms with Gasteiger partial charge in [0.1, 0.15) is 31.2 Å². The second-order valence-corrected chi connectivity index (χ2v) is 7.49. The molecule has 0 saturated heterocycles. The van der Waals surface area contributed by atoms with Gasteiger partial charge < -0.3 is 28.7 Å². The lowest BCUT2D eigenvalue weighted by Gasteiger charge is -2.19. The van der Waals surface area contributed by atoms with Crippen LogP contribution in [0.4, 0.5) is 5.69 Å². The molecule has 0 aliphatic carbocycles. The minimum Gasteiger partial charge on any atom is -0.489 e. The zero-order chi connectivity index (χ0) is 23.3. The number of carbonyl (C=O) groups is 2. The molecule has 172 valence electrons. The van der Waals surface area contributed by atoms with E-state index in [1.165, 1.54) is 0 Å². The minimum absolute atomic E-state index is 0.00395. The van der Waals surface area contributed by atoms with Crippen molar-refractivity contribution in [1.82, 2.24) is 0 Å². The summed E-state index contributed by atoms with van der Waals surface area (Å²) in [6.45, 7) is 0.544. The molecule has 0 unspecified atom stereocenters. The first-order valence-electron chi connectivity index (χ1n) is 10.7. The molecule has 4 aromatic rings. The number of para-hydroxylation sites is 2. The van der Waals surface area contributed by atoms with Gasteiger partial charge in [-0.15, -0.1) is 0 Å². The molecule has 3 aromatic carbocycles. The van der Waals surface area contributed by atoms with E-state index in [9.17, 15) is 9.59 Å². The third-order valence-electron chi connectivity index (χ3n) is 5.17. The highest BCUT2D eigenvalue weighted by Crippen LogP contribution is 2.32. The molecular weight excluding hydrogens is 438 g/mol. The van der Waals surface area contributed by atoms with Crippen LogP contribution in [0.3, 0.4) is 0 Å². The SMILES string of the molecule is O=C(COC(=O)c1oc2ccccc2c1COc1ccccc1)Nc1ccc2c(c1)OCCO2. The number of amides is 1. The van der Waals surface area contributed by atoms with Gasteiger partial charge in [0.15, 0.2) is 18.1 Å². The van der Waals surface area contributed by atoms with Crippen molar-refractivity contribution in [2.24, 2.45) is 0 Å². The molecule has 0 atom stereocenters. The molecule has 1 amide bonds. The molecular formula is C26H21NO7. The van der Waals surface area contributed by atoms with E-state index in [4.69, 9.17) is 23.4 Å². The van der Waals surface area contributed by atoms with E-state index in [1.54, 1.807) is 24.3 Å². The Bertz CT molecular complexity index is 1330. The van der Waals surface area contributed by atoms with Crippen LogP contribution in [0.25, 0.3) is 11.0 Å². The topological polar surface area (TPSA) is 96.2 Å². The smallest absolute Gasteiger partial charge is 0.375 e. The van der Waals surface area contributed by atoms with E-state index in [0.29, 0.717) is 47.3 Å². The largest absolute Gasteiger partial charge is 0.489 e. The molecule has 0 radical (unpaired) electrons. The number of fused-ring (bicyclic) bond motifs is 2. The van der Waals surface area contributed by atoms with Crippen molar-refractivity contribution in [2.75, 3.05) is 25.1 Å². The van der Waals surface area contributed by atoms with Gasteiger partial charge in [-0.25, -0.2) is 4.79 Å². The Kier molecular flexibility index (Phi) is 6.03. The van der Waals surface area contributed by atoms with Crippen molar-refractivity contribution in [3.63, 3.8) is 0 Å². The Morgan fingerprint density at radius 3 is 2.50 bits per heavy atom.